The van der Waals surface area contributed by atoms with E-state index in [0.29, 0.717) is 19.6 Å². The van der Waals surface area contributed by atoms with Crippen LogP contribution in [0.25, 0.3) is 0 Å². The lowest BCUT2D eigenvalue weighted by Gasteiger charge is -2.35. The van der Waals surface area contributed by atoms with Gasteiger partial charge in [-0.05, 0) is 6.42 Å². The van der Waals surface area contributed by atoms with Crippen molar-refractivity contribution in [3.8, 4) is 0 Å². The molecule has 1 saturated heterocycles. The van der Waals surface area contributed by atoms with Crippen LogP contribution in [-0.4, -0.2) is 40.6 Å². The summed E-state index contributed by atoms with van der Waals surface area (Å²) in [5.74, 6) is 0. The minimum absolute atomic E-state index is 0.237. The first kappa shape index (κ1) is 12.7. The van der Waals surface area contributed by atoms with Gasteiger partial charge >= 0.3 is 0 Å². The van der Waals surface area contributed by atoms with E-state index in [0.717, 1.165) is 12.8 Å². The van der Waals surface area contributed by atoms with Gasteiger partial charge in [-0.1, -0.05) is 6.08 Å². The van der Waals surface area contributed by atoms with Gasteiger partial charge in [0.05, 0.1) is 5.60 Å². The van der Waals surface area contributed by atoms with Gasteiger partial charge in [0.15, 0.2) is 9.84 Å². The molecule has 0 unspecified atom stereocenters. The summed E-state index contributed by atoms with van der Waals surface area (Å²) in [6, 6.07) is 0. The van der Waals surface area contributed by atoms with E-state index in [1.54, 1.807) is 13.2 Å². The van der Waals surface area contributed by atoms with Gasteiger partial charge in [-0.25, -0.2) is 8.42 Å². The van der Waals surface area contributed by atoms with Crippen LogP contribution in [0.3, 0.4) is 0 Å². The third kappa shape index (κ3) is 4.32. The summed E-state index contributed by atoms with van der Waals surface area (Å²) >= 11 is 0. The molecule has 0 bridgehead atoms. The highest BCUT2D eigenvalue weighted by atomic mass is 32.2. The maximum Gasteiger partial charge on any atom is 0.168 e. The Hall–Kier alpha value is -0.390. The van der Waals surface area contributed by atoms with Crippen molar-refractivity contribution in [2.45, 2.75) is 24.9 Å². The zero-order chi connectivity index (χ0) is 11.4. The van der Waals surface area contributed by atoms with Gasteiger partial charge in [0.25, 0.3) is 0 Å². The van der Waals surface area contributed by atoms with E-state index in [1.165, 1.54) is 11.7 Å². The Bertz CT molecular complexity index is 312. The topological polar surface area (TPSA) is 52.6 Å². The summed E-state index contributed by atoms with van der Waals surface area (Å²) in [6.07, 6.45) is 5.12. The monoisotopic (exact) mass is 234 g/mol. The molecule has 1 rings (SSSR count). The largest absolute Gasteiger partial charge is 0.381 e. The molecule has 0 atom stereocenters. The molecule has 1 fully saturated rings. The molecule has 0 aromatic carbocycles. The van der Waals surface area contributed by atoms with Crippen molar-refractivity contribution in [3.05, 3.63) is 11.5 Å². The Labute approximate surface area is 91.2 Å². The highest BCUT2D eigenvalue weighted by Crippen LogP contribution is 2.28. The summed E-state index contributed by atoms with van der Waals surface area (Å²) in [5.41, 5.74) is -0.237. The first-order valence-corrected chi connectivity index (χ1v) is 6.92. The van der Waals surface area contributed by atoms with E-state index in [4.69, 9.17) is 9.47 Å². The first-order valence-electron chi connectivity index (χ1n) is 4.97. The molecule has 4 nitrogen and oxygen atoms in total. The predicted molar refractivity (Wildman–Crippen MR) is 58.4 cm³/mol. The maximum absolute atomic E-state index is 10.9. The van der Waals surface area contributed by atoms with Crippen molar-refractivity contribution in [1.29, 1.82) is 0 Å². The maximum atomic E-state index is 10.9. The van der Waals surface area contributed by atoms with Crippen LogP contribution in [0.4, 0.5) is 0 Å². The fourth-order valence-electron chi connectivity index (χ4n) is 1.67. The second kappa shape index (κ2) is 5.09. The standard InChI is InChI=1S/C10H18O4S/c1-13-10(5-7-14-8-6-10)4-3-9-15(2,11)12/h3,9H,4-8H2,1-2H3/b9-3+. The number of rotatable bonds is 4. The van der Waals surface area contributed by atoms with Crippen molar-refractivity contribution in [2.24, 2.45) is 0 Å². The summed E-state index contributed by atoms with van der Waals surface area (Å²) < 4.78 is 32.5. The van der Waals surface area contributed by atoms with Crippen LogP contribution in [0.1, 0.15) is 19.3 Å². The number of hydrogen-bond donors (Lipinski definition) is 0. The molecule has 0 radical (unpaired) electrons. The van der Waals surface area contributed by atoms with Gasteiger partial charge in [-0.15, -0.1) is 0 Å². The van der Waals surface area contributed by atoms with E-state index in [2.05, 4.69) is 0 Å². The Morgan fingerprint density at radius 1 is 1.40 bits per heavy atom. The molecule has 0 amide bonds. The third-order valence-electron chi connectivity index (χ3n) is 2.67. The second-order valence-electron chi connectivity index (χ2n) is 3.90. The minimum atomic E-state index is -3.03. The Kier molecular flexibility index (Phi) is 4.31. The van der Waals surface area contributed by atoms with Crippen LogP contribution in [0.15, 0.2) is 11.5 Å². The molecule has 0 saturated carbocycles. The number of sulfone groups is 1. The van der Waals surface area contributed by atoms with Crippen molar-refractivity contribution in [1.82, 2.24) is 0 Å². The average molecular weight is 234 g/mol. The summed E-state index contributed by atoms with van der Waals surface area (Å²) in [4.78, 5) is 0. The fraction of sp³-hybridized carbons (Fsp3) is 0.800. The Balaban J connectivity index is 2.57. The molecule has 5 heteroatoms. The van der Waals surface area contributed by atoms with E-state index in [1.807, 2.05) is 0 Å². The van der Waals surface area contributed by atoms with E-state index < -0.39 is 9.84 Å². The normalized spacial score (nSPS) is 22.0. The van der Waals surface area contributed by atoms with Gasteiger partial charge < -0.3 is 9.47 Å². The SMILES string of the molecule is COC1(C/C=C/S(C)(=O)=O)CCOCC1. The molecule has 0 N–H and O–H groups in total. The Morgan fingerprint density at radius 2 is 2.00 bits per heavy atom. The quantitative estimate of drug-likeness (QED) is 0.731. The van der Waals surface area contributed by atoms with E-state index in [-0.39, 0.29) is 5.60 Å². The first-order chi connectivity index (χ1) is 6.97. The van der Waals surface area contributed by atoms with E-state index in [9.17, 15) is 8.42 Å². The van der Waals surface area contributed by atoms with Gasteiger partial charge in [0.2, 0.25) is 0 Å². The van der Waals surface area contributed by atoms with Crippen LogP contribution in [0.5, 0.6) is 0 Å². The van der Waals surface area contributed by atoms with Gasteiger partial charge in [0, 0.05) is 44.8 Å². The summed E-state index contributed by atoms with van der Waals surface area (Å²) in [5, 5.41) is 1.24. The molecule has 88 valence electrons. The van der Waals surface area contributed by atoms with Gasteiger partial charge in [-0.3, -0.25) is 0 Å². The fourth-order valence-corrected chi connectivity index (χ4v) is 2.12. The predicted octanol–water partition coefficient (Wildman–Crippen LogP) is 1.13. The molecule has 0 aliphatic carbocycles. The van der Waals surface area contributed by atoms with Crippen LogP contribution in [0, 0.1) is 0 Å². The smallest absolute Gasteiger partial charge is 0.168 e. The highest BCUT2D eigenvalue weighted by Gasteiger charge is 2.31. The molecule has 0 spiro atoms. The molecule has 1 aliphatic heterocycles. The molecular weight excluding hydrogens is 216 g/mol. The molecule has 0 aromatic heterocycles. The van der Waals surface area contributed by atoms with Crippen molar-refractivity contribution < 1.29 is 17.9 Å². The average Bonchev–Trinajstić information content (AvgIpc) is 2.17. The van der Waals surface area contributed by atoms with Gasteiger partial charge in [-0.2, -0.15) is 0 Å². The Morgan fingerprint density at radius 3 is 2.47 bits per heavy atom. The zero-order valence-corrected chi connectivity index (χ0v) is 10.0. The minimum Gasteiger partial charge on any atom is -0.381 e. The molecule has 1 heterocycles. The zero-order valence-electron chi connectivity index (χ0n) is 9.23. The lowest BCUT2D eigenvalue weighted by atomic mass is 9.90. The molecule has 1 aliphatic rings. The second-order valence-corrected chi connectivity index (χ2v) is 5.84. The number of ether oxygens (including phenoxy) is 2. The van der Waals surface area contributed by atoms with Crippen LogP contribution in [-0.2, 0) is 19.3 Å². The number of methoxy groups -OCH3 is 1. The lowest BCUT2D eigenvalue weighted by molar-refractivity contribution is -0.0872. The van der Waals surface area contributed by atoms with Crippen molar-refractivity contribution in [3.63, 3.8) is 0 Å². The molecular formula is C10H18O4S. The highest BCUT2D eigenvalue weighted by molar-refractivity contribution is 7.93. The van der Waals surface area contributed by atoms with Gasteiger partial charge in [0.1, 0.15) is 0 Å². The van der Waals surface area contributed by atoms with Crippen molar-refractivity contribution in [2.75, 3.05) is 26.6 Å². The van der Waals surface area contributed by atoms with Crippen LogP contribution < -0.4 is 0 Å². The van der Waals surface area contributed by atoms with E-state index >= 15 is 0 Å². The summed E-state index contributed by atoms with van der Waals surface area (Å²) in [6.45, 7) is 1.36. The number of hydrogen-bond acceptors (Lipinski definition) is 4. The van der Waals surface area contributed by atoms with Crippen LogP contribution in [0.2, 0.25) is 0 Å². The van der Waals surface area contributed by atoms with Crippen LogP contribution >= 0.6 is 0 Å². The summed E-state index contributed by atoms with van der Waals surface area (Å²) in [7, 11) is -1.36. The molecule has 15 heavy (non-hydrogen) atoms. The lowest BCUT2D eigenvalue weighted by Crippen LogP contribution is -2.37. The third-order valence-corrected chi connectivity index (χ3v) is 3.36. The van der Waals surface area contributed by atoms with Crippen molar-refractivity contribution >= 4 is 9.84 Å². The molecule has 0 aromatic rings.